The van der Waals surface area contributed by atoms with Crippen LogP contribution in [0.2, 0.25) is 0 Å². The lowest BCUT2D eigenvalue weighted by atomic mass is 10.0. The third kappa shape index (κ3) is 5.63. The number of aromatic nitrogens is 2. The van der Waals surface area contributed by atoms with Gasteiger partial charge in [-0.1, -0.05) is 42.2 Å². The fraction of sp³-hybridized carbons (Fsp3) is 0.231. The lowest BCUT2D eigenvalue weighted by Gasteiger charge is -2.14. The Kier molecular flexibility index (Phi) is 7.67. The van der Waals surface area contributed by atoms with Crippen LogP contribution in [0.3, 0.4) is 0 Å². The van der Waals surface area contributed by atoms with E-state index in [1.54, 1.807) is 10.8 Å². The molecule has 1 aliphatic heterocycles. The Hall–Kier alpha value is -3.43. The molecule has 1 aliphatic rings. The summed E-state index contributed by atoms with van der Waals surface area (Å²) < 4.78 is 7.83. The molecule has 2 heterocycles. The lowest BCUT2D eigenvalue weighted by molar-refractivity contribution is -0.305. The molecule has 0 spiro atoms. The number of benzene rings is 2. The summed E-state index contributed by atoms with van der Waals surface area (Å²) in [5.41, 5.74) is 4.33. The summed E-state index contributed by atoms with van der Waals surface area (Å²) in [7, 11) is 0. The van der Waals surface area contributed by atoms with E-state index in [4.69, 9.17) is 22.1 Å². The molecule has 1 aromatic heterocycles. The van der Waals surface area contributed by atoms with E-state index >= 15 is 0 Å². The smallest absolute Gasteiger partial charge is 0.266 e. The predicted octanol–water partition coefficient (Wildman–Crippen LogP) is 3.98. The monoisotopic (exact) mass is 506 g/mol. The van der Waals surface area contributed by atoms with Gasteiger partial charge in [0.15, 0.2) is 0 Å². The standard InChI is InChI=1S/C26H25N3O4S2/c1-3-33-20-11-12-21(17(2)14-20)24-18(16-29(27-24)19-8-5-4-6-9-19)15-22-25(32)28(26(34)35-22)13-7-10-23(30)31/h4-6,8-9,11-12,14-16H,3,7,10,13H2,1-2H3,(H,30,31)/p-1/b22-15-. The van der Waals surface area contributed by atoms with Crippen molar-refractivity contribution in [3.63, 3.8) is 0 Å². The highest BCUT2D eigenvalue weighted by Gasteiger charge is 2.32. The van der Waals surface area contributed by atoms with E-state index in [9.17, 15) is 14.7 Å². The van der Waals surface area contributed by atoms with Gasteiger partial charge in [0.2, 0.25) is 0 Å². The summed E-state index contributed by atoms with van der Waals surface area (Å²) in [5.74, 6) is -0.593. The number of thiocarbonyl (C=S) groups is 1. The predicted molar refractivity (Wildman–Crippen MR) is 139 cm³/mol. The largest absolute Gasteiger partial charge is 0.550 e. The molecular formula is C26H24N3O4S2-. The van der Waals surface area contributed by atoms with Crippen molar-refractivity contribution in [3.05, 3.63) is 70.8 Å². The van der Waals surface area contributed by atoms with E-state index in [0.717, 1.165) is 33.8 Å². The van der Waals surface area contributed by atoms with Crippen molar-refractivity contribution >= 4 is 46.3 Å². The number of carbonyl (C=O) groups excluding carboxylic acids is 2. The second kappa shape index (κ2) is 10.9. The first-order chi connectivity index (χ1) is 16.9. The van der Waals surface area contributed by atoms with Gasteiger partial charge >= 0.3 is 0 Å². The number of aliphatic carboxylic acids is 1. The Balaban J connectivity index is 1.72. The van der Waals surface area contributed by atoms with Crippen molar-refractivity contribution in [2.24, 2.45) is 0 Å². The molecule has 0 N–H and O–H groups in total. The van der Waals surface area contributed by atoms with Gasteiger partial charge in [0.25, 0.3) is 5.91 Å². The maximum absolute atomic E-state index is 13.0. The van der Waals surface area contributed by atoms with Gasteiger partial charge in [-0.3, -0.25) is 9.69 Å². The van der Waals surface area contributed by atoms with Gasteiger partial charge in [-0.25, -0.2) is 4.68 Å². The van der Waals surface area contributed by atoms with Crippen LogP contribution in [0.4, 0.5) is 0 Å². The molecule has 3 aromatic rings. The molecule has 1 fully saturated rings. The number of nitrogens with zero attached hydrogens (tertiary/aromatic N) is 3. The molecule has 1 saturated heterocycles. The molecule has 7 nitrogen and oxygen atoms in total. The highest BCUT2D eigenvalue weighted by Crippen LogP contribution is 2.36. The summed E-state index contributed by atoms with van der Waals surface area (Å²) in [6.45, 7) is 4.76. The van der Waals surface area contributed by atoms with Gasteiger partial charge in [-0.2, -0.15) is 5.10 Å². The fourth-order valence-electron chi connectivity index (χ4n) is 3.79. The molecular weight excluding hydrogens is 482 g/mol. The Morgan fingerprint density at radius 3 is 2.69 bits per heavy atom. The van der Waals surface area contributed by atoms with Crippen LogP contribution >= 0.6 is 24.0 Å². The summed E-state index contributed by atoms with van der Waals surface area (Å²) in [5, 5.41) is 15.6. The first-order valence-corrected chi connectivity index (χ1v) is 12.4. The molecule has 4 rings (SSSR count). The van der Waals surface area contributed by atoms with Gasteiger partial charge in [0, 0.05) is 29.8 Å². The van der Waals surface area contributed by atoms with Crippen LogP contribution in [0.15, 0.2) is 59.6 Å². The van der Waals surface area contributed by atoms with Gasteiger partial charge in [0.1, 0.15) is 15.8 Å². The summed E-state index contributed by atoms with van der Waals surface area (Å²) in [6, 6.07) is 15.6. The zero-order valence-electron chi connectivity index (χ0n) is 19.4. The van der Waals surface area contributed by atoms with Crippen molar-refractivity contribution in [2.45, 2.75) is 26.7 Å². The Bertz CT molecular complexity index is 1300. The van der Waals surface area contributed by atoms with E-state index in [2.05, 4.69) is 0 Å². The third-order valence-corrected chi connectivity index (χ3v) is 6.83. The average Bonchev–Trinajstić information content (AvgIpc) is 3.36. The lowest BCUT2D eigenvalue weighted by Crippen LogP contribution is -2.30. The minimum absolute atomic E-state index is 0.124. The van der Waals surface area contributed by atoms with Crippen LogP contribution in [-0.4, -0.2) is 44.0 Å². The number of thioether (sulfide) groups is 1. The number of amides is 1. The molecule has 180 valence electrons. The quantitative estimate of drug-likeness (QED) is 0.320. The molecule has 0 aliphatic carbocycles. The minimum atomic E-state index is -1.14. The number of carboxylic acid groups (broad SMARTS) is 1. The van der Waals surface area contributed by atoms with Crippen molar-refractivity contribution in [1.29, 1.82) is 0 Å². The van der Waals surface area contributed by atoms with E-state index in [-0.39, 0.29) is 25.3 Å². The van der Waals surface area contributed by atoms with Crippen molar-refractivity contribution in [2.75, 3.05) is 13.2 Å². The Morgan fingerprint density at radius 1 is 1.23 bits per heavy atom. The second-order valence-corrected chi connectivity index (χ2v) is 9.61. The minimum Gasteiger partial charge on any atom is -0.550 e. The molecule has 0 unspecified atom stereocenters. The first kappa shape index (κ1) is 24.7. The third-order valence-electron chi connectivity index (χ3n) is 5.45. The van der Waals surface area contributed by atoms with E-state index in [0.29, 0.717) is 15.8 Å². The number of hydrogen-bond acceptors (Lipinski definition) is 7. The number of ether oxygens (including phenoxy) is 1. The molecule has 1 amide bonds. The summed E-state index contributed by atoms with van der Waals surface area (Å²) in [6.07, 6.45) is 3.85. The first-order valence-electron chi connectivity index (χ1n) is 11.2. The van der Waals surface area contributed by atoms with Gasteiger partial charge in [-0.15, -0.1) is 0 Å². The van der Waals surface area contributed by atoms with Crippen LogP contribution in [0.25, 0.3) is 23.0 Å². The number of rotatable bonds is 9. The Morgan fingerprint density at radius 2 is 2.00 bits per heavy atom. The van der Waals surface area contributed by atoms with Crippen LogP contribution in [0, 0.1) is 6.92 Å². The zero-order valence-corrected chi connectivity index (χ0v) is 21.0. The SMILES string of the molecule is CCOc1ccc(-c2nn(-c3ccccc3)cc2/C=C2\SC(=S)N(CCCC(=O)[O-])C2=O)c(C)c1. The van der Waals surface area contributed by atoms with Gasteiger partial charge < -0.3 is 14.6 Å². The van der Waals surface area contributed by atoms with Crippen LogP contribution < -0.4 is 9.84 Å². The van der Waals surface area contributed by atoms with E-state index < -0.39 is 5.97 Å². The number of aryl methyl sites for hydroxylation is 1. The highest BCUT2D eigenvalue weighted by atomic mass is 32.2. The topological polar surface area (TPSA) is 87.5 Å². The number of hydrogen-bond donors (Lipinski definition) is 0. The van der Waals surface area contributed by atoms with Crippen molar-refractivity contribution in [1.82, 2.24) is 14.7 Å². The zero-order chi connectivity index (χ0) is 24.9. The number of carboxylic acids is 1. The van der Waals surface area contributed by atoms with Crippen LogP contribution in [-0.2, 0) is 9.59 Å². The second-order valence-electron chi connectivity index (χ2n) is 7.93. The molecule has 0 atom stereocenters. The average molecular weight is 507 g/mol. The van der Waals surface area contributed by atoms with Crippen LogP contribution in [0.5, 0.6) is 5.75 Å². The fourth-order valence-corrected chi connectivity index (χ4v) is 5.09. The molecule has 0 bridgehead atoms. The Labute approximate surface area is 213 Å². The van der Waals surface area contributed by atoms with Crippen molar-refractivity contribution in [3.8, 4) is 22.7 Å². The highest BCUT2D eigenvalue weighted by molar-refractivity contribution is 8.26. The molecule has 0 saturated carbocycles. The van der Waals surface area contributed by atoms with Gasteiger partial charge in [-0.05, 0) is 68.7 Å². The maximum Gasteiger partial charge on any atom is 0.266 e. The van der Waals surface area contributed by atoms with Crippen molar-refractivity contribution < 1.29 is 19.4 Å². The van der Waals surface area contributed by atoms with Crippen LogP contribution in [0.1, 0.15) is 30.9 Å². The molecule has 9 heteroatoms. The molecule has 2 aromatic carbocycles. The van der Waals surface area contributed by atoms with E-state index in [1.807, 2.05) is 68.6 Å². The molecule has 35 heavy (non-hydrogen) atoms. The van der Waals surface area contributed by atoms with E-state index in [1.165, 1.54) is 16.7 Å². The summed E-state index contributed by atoms with van der Waals surface area (Å²) >= 11 is 6.59. The maximum atomic E-state index is 13.0. The molecule has 0 radical (unpaired) electrons. The summed E-state index contributed by atoms with van der Waals surface area (Å²) in [4.78, 5) is 25.7. The van der Waals surface area contributed by atoms with Gasteiger partial charge in [0.05, 0.1) is 17.2 Å². The normalized spacial score (nSPS) is 14.7. The number of carbonyl (C=O) groups is 2. The number of para-hydroxylation sites is 1.